The van der Waals surface area contributed by atoms with E-state index in [0.29, 0.717) is 67.1 Å². The molecule has 1 fully saturated rings. The molecule has 0 bridgehead atoms. The molecule has 4 N–H and O–H groups in total. The zero-order valence-electron chi connectivity index (χ0n) is 65.1. The molecule has 11 rings (SSSR count). The van der Waals surface area contributed by atoms with Crippen LogP contribution in [-0.2, 0) is 50.1 Å². The number of carbonyl (C=O) groups excluding carboxylic acids is 1. The van der Waals surface area contributed by atoms with Crippen LogP contribution < -0.4 is 9.47 Å². The van der Waals surface area contributed by atoms with E-state index in [1.54, 1.807) is 65.2 Å². The van der Waals surface area contributed by atoms with E-state index in [2.05, 4.69) is 123 Å². The number of ketones is 1. The monoisotopic (exact) mass is 1410 g/mol. The van der Waals surface area contributed by atoms with Gasteiger partial charge in [-0.25, -0.2) is 19.2 Å². The van der Waals surface area contributed by atoms with Gasteiger partial charge in [0.25, 0.3) is 0 Å². The van der Waals surface area contributed by atoms with Gasteiger partial charge in [-0.2, -0.15) is 0 Å². The number of likely N-dealkylation sites (N-methyl/N-ethyl adjacent to an activating group) is 1. The van der Waals surface area contributed by atoms with Crippen LogP contribution in [0.5, 0.6) is 11.5 Å². The minimum Gasteiger partial charge on any atom is -0.496 e. The van der Waals surface area contributed by atoms with Crippen molar-refractivity contribution >= 4 is 84.2 Å². The van der Waals surface area contributed by atoms with E-state index < -0.39 is 23.9 Å². The summed E-state index contributed by atoms with van der Waals surface area (Å²) >= 11 is 0. The van der Waals surface area contributed by atoms with Gasteiger partial charge in [0.2, 0.25) is 0 Å². The van der Waals surface area contributed by atoms with Gasteiger partial charge in [0.05, 0.1) is 60.7 Å². The van der Waals surface area contributed by atoms with Crippen LogP contribution in [0.2, 0.25) is 0 Å². The Balaban J connectivity index is 0.000000181. The number of nitrogens with zero attached hydrogens (tertiary/aromatic N) is 7. The molecule has 1 aliphatic heterocycles. The van der Waals surface area contributed by atoms with E-state index in [-0.39, 0.29) is 23.1 Å². The Morgan fingerprint density at radius 1 is 0.417 bits per heavy atom. The standard InChI is InChI=1S/C20H29N3O2.C17H23NO4.C16H21NO3.C15H19NO3.C15H19NO/c1-14(2)17-12-15(5-6-23-9-7-21(3)8-10-23)11-16-13-18(20(24)25)22(4)19(16)17;1-10(2)15-11(3)8-14(22-5)12-9-13(17(19)20)18(16(12)15)6-7-21-4;1-10(2)13-8-11(3)7-12-9-14(16(18)19)17(15(12)13)5-6-20-4;1-8(2)13-9(3)6-12(19-5)10-7-11(15(17)18)16(4)14(10)13;1-9(2)14-10(3)6-7-12-8-13(11(4)17)16(5)15(12)14/h11-14H,5-10H2,1-4H3,(H,24,25);8-10H,6-7H2,1-5H3,(H,19,20);7-10H,5-6H2,1-4H3,(H,18,19);6-8H,1-5H3,(H,17,18);6-9H,1-5H3. The van der Waals surface area contributed by atoms with Crippen molar-refractivity contribution in [2.24, 2.45) is 21.1 Å². The Morgan fingerprint density at radius 2 is 0.835 bits per heavy atom. The zero-order chi connectivity index (χ0) is 76.5. The van der Waals surface area contributed by atoms with Crippen molar-refractivity contribution in [2.75, 3.05) is 81.4 Å². The fourth-order valence-corrected chi connectivity index (χ4v) is 14.9. The Labute approximate surface area is 607 Å². The average molecular weight is 1410 g/mol. The minimum absolute atomic E-state index is 0.121. The van der Waals surface area contributed by atoms with Gasteiger partial charge in [-0.05, 0) is 175 Å². The highest BCUT2D eigenvalue weighted by atomic mass is 16.5. The van der Waals surface area contributed by atoms with Gasteiger partial charge in [-0.15, -0.1) is 0 Å². The number of aromatic nitrogens is 5. The van der Waals surface area contributed by atoms with Gasteiger partial charge in [0.1, 0.15) is 34.3 Å². The SMILES string of the molecule is CC(=O)c1cc2ccc(C)c(C(C)C)c2n1C.CC(C)c1cc(CCN2CCN(C)CC2)cc2cc(C(=O)O)n(C)c12.COCCn1c(C(=O)O)cc2c(OC)cc(C)c(C(C)C)c21.COCCn1c(C(=O)O)cc2cc(C)cc(C(C)C)c21.COc1cc(C)c(C(C)C)c2c1cc(C(=O)O)n2C. The number of carboxylic acid groups (broad SMARTS) is 4. The van der Waals surface area contributed by atoms with Crippen molar-refractivity contribution in [3.8, 4) is 11.5 Å². The number of hydrogen-bond donors (Lipinski definition) is 4. The predicted octanol–water partition coefficient (Wildman–Crippen LogP) is 16.8. The van der Waals surface area contributed by atoms with Crippen LogP contribution in [0.15, 0.2) is 78.9 Å². The quantitative estimate of drug-likeness (QED) is 0.0490. The van der Waals surface area contributed by atoms with Crippen LogP contribution in [0.1, 0.15) is 214 Å². The number of ether oxygens (including phenoxy) is 4. The fourth-order valence-electron chi connectivity index (χ4n) is 14.9. The van der Waals surface area contributed by atoms with Crippen LogP contribution in [-0.4, -0.2) is 164 Å². The molecule has 5 aromatic heterocycles. The largest absolute Gasteiger partial charge is 0.496 e. The number of rotatable bonds is 21. The van der Waals surface area contributed by atoms with E-state index >= 15 is 0 Å². The van der Waals surface area contributed by atoms with Crippen molar-refractivity contribution < 1.29 is 63.3 Å². The first kappa shape index (κ1) is 81.1. The third kappa shape index (κ3) is 17.9. The maximum Gasteiger partial charge on any atom is 0.352 e. The van der Waals surface area contributed by atoms with Gasteiger partial charge < -0.3 is 72.0 Å². The second kappa shape index (κ2) is 34.8. The molecule has 0 unspecified atom stereocenters. The summed E-state index contributed by atoms with van der Waals surface area (Å²) in [5, 5.41) is 42.5. The third-order valence-electron chi connectivity index (χ3n) is 19.8. The third-order valence-corrected chi connectivity index (χ3v) is 19.8. The second-order valence-corrected chi connectivity index (χ2v) is 28.9. The number of carbonyl (C=O) groups is 5. The number of aryl methyl sites for hydroxylation is 7. The first-order valence-corrected chi connectivity index (χ1v) is 35.6. The molecule has 0 aliphatic carbocycles. The summed E-state index contributed by atoms with van der Waals surface area (Å²) < 4.78 is 30.4. The number of aromatic carboxylic acids is 4. The number of fused-ring (bicyclic) bond motifs is 5. The minimum atomic E-state index is -0.943. The summed E-state index contributed by atoms with van der Waals surface area (Å²) in [6.07, 6.45) is 1.01. The molecule has 0 saturated carbocycles. The number of carboxylic acids is 4. The summed E-state index contributed by atoms with van der Waals surface area (Å²) in [4.78, 5) is 62.3. The Morgan fingerprint density at radius 3 is 1.32 bits per heavy atom. The number of methoxy groups -OCH3 is 4. The van der Waals surface area contributed by atoms with Crippen molar-refractivity contribution in [3.63, 3.8) is 0 Å². The first-order chi connectivity index (χ1) is 48.5. The van der Waals surface area contributed by atoms with Gasteiger partial charge in [-0.3, -0.25) is 4.79 Å². The highest BCUT2D eigenvalue weighted by Gasteiger charge is 2.26. The molecule has 0 radical (unpaired) electrons. The number of hydrogen-bond acceptors (Lipinski definition) is 11. The van der Waals surface area contributed by atoms with Crippen LogP contribution in [0.4, 0.5) is 0 Å². The molecule has 1 saturated heterocycles. The molecular weight excluding hydrogens is 1300 g/mol. The lowest BCUT2D eigenvalue weighted by atomic mass is 9.95. The Bertz CT molecular complexity index is 4730. The summed E-state index contributed by atoms with van der Waals surface area (Å²) in [6, 6.07) is 25.7. The van der Waals surface area contributed by atoms with Gasteiger partial charge in [0.15, 0.2) is 5.78 Å². The molecule has 0 spiro atoms. The number of benzene rings is 5. The molecular formula is C83H111N7O13. The Hall–Kier alpha value is -9.21. The smallest absolute Gasteiger partial charge is 0.352 e. The fraction of sp³-hybridized carbons (Fsp3) is 0.458. The van der Waals surface area contributed by atoms with Gasteiger partial charge in [-0.1, -0.05) is 99.1 Å². The summed E-state index contributed by atoms with van der Waals surface area (Å²) in [5.74, 6) is -0.308. The van der Waals surface area contributed by atoms with E-state index in [1.165, 1.54) is 38.9 Å². The molecule has 556 valence electrons. The maximum absolute atomic E-state index is 11.6. The predicted molar refractivity (Wildman–Crippen MR) is 414 cm³/mol. The molecule has 0 atom stereocenters. The topological polar surface area (TPSA) is 234 Å². The van der Waals surface area contributed by atoms with Crippen molar-refractivity contribution in [2.45, 2.75) is 153 Å². The lowest BCUT2D eigenvalue weighted by molar-refractivity contribution is 0.0672. The second-order valence-electron chi connectivity index (χ2n) is 28.9. The van der Waals surface area contributed by atoms with E-state index in [9.17, 15) is 44.4 Å². The van der Waals surface area contributed by atoms with E-state index in [1.807, 2.05) is 83.5 Å². The van der Waals surface area contributed by atoms with Crippen molar-refractivity contribution in [1.82, 2.24) is 32.6 Å². The normalized spacial score (nSPS) is 12.7. The summed E-state index contributed by atoms with van der Waals surface area (Å²) in [6.45, 7) is 38.9. The van der Waals surface area contributed by atoms with E-state index in [0.717, 1.165) is 122 Å². The lowest BCUT2D eigenvalue weighted by Crippen LogP contribution is -2.45. The highest BCUT2D eigenvalue weighted by Crippen LogP contribution is 2.40. The molecule has 10 aromatic rings. The number of Topliss-reactive ketones (excluding diaryl/α,β-unsaturated/α-hetero) is 1. The molecule has 0 amide bonds. The summed E-state index contributed by atoms with van der Waals surface area (Å²) in [7, 11) is 14.2. The molecule has 103 heavy (non-hydrogen) atoms. The van der Waals surface area contributed by atoms with Crippen molar-refractivity contribution in [1.29, 1.82) is 0 Å². The van der Waals surface area contributed by atoms with Crippen LogP contribution in [0.3, 0.4) is 0 Å². The van der Waals surface area contributed by atoms with E-state index in [4.69, 9.17) is 18.9 Å². The first-order valence-electron chi connectivity index (χ1n) is 35.6. The Kier molecular flexibility index (Phi) is 27.4. The van der Waals surface area contributed by atoms with Crippen molar-refractivity contribution in [3.05, 3.63) is 163 Å². The van der Waals surface area contributed by atoms with Crippen LogP contribution in [0, 0.1) is 27.7 Å². The molecule has 6 heterocycles. The zero-order valence-corrected chi connectivity index (χ0v) is 65.1. The lowest BCUT2D eigenvalue weighted by Gasteiger charge is -2.32. The average Bonchev–Trinajstić information content (AvgIpc) is 1.62. The molecule has 20 heteroatoms. The van der Waals surface area contributed by atoms with Crippen LogP contribution >= 0.6 is 0 Å². The molecule has 5 aromatic carbocycles. The number of piperazine rings is 1. The molecule has 20 nitrogen and oxygen atoms in total. The van der Waals surface area contributed by atoms with Crippen LogP contribution in [0.25, 0.3) is 54.5 Å². The maximum atomic E-state index is 11.6. The van der Waals surface area contributed by atoms with Gasteiger partial charge >= 0.3 is 23.9 Å². The highest BCUT2D eigenvalue weighted by molar-refractivity contribution is 6.02. The van der Waals surface area contributed by atoms with Gasteiger partial charge in [0, 0.05) is 115 Å². The molecule has 1 aliphatic rings. The summed E-state index contributed by atoms with van der Waals surface area (Å²) in [5.41, 5.74) is 19.2.